The van der Waals surface area contributed by atoms with Crippen LogP contribution < -0.4 is 10.1 Å². The van der Waals surface area contributed by atoms with Crippen molar-refractivity contribution < 1.29 is 9.53 Å². The molecule has 0 atom stereocenters. The SMILES string of the molecule is N#C/C(=C/c1ccc(OCC(=O)Nc2ccccc2)c(Br)c1)c1ccc2ccccc2c1. The standard InChI is InChI=1S/C27H19BrN2O2/c28-25-15-19(10-13-26(25)32-18-27(31)30-24-8-2-1-3-9-24)14-23(17-29)22-12-11-20-6-4-5-7-21(20)16-22/h1-16H,18H2,(H,30,31)/b23-14-. The first kappa shape index (κ1) is 21.4. The van der Waals surface area contributed by atoms with Crippen LogP contribution in [0.2, 0.25) is 0 Å². The molecule has 0 saturated heterocycles. The molecule has 1 amide bonds. The number of hydrogen-bond acceptors (Lipinski definition) is 3. The topological polar surface area (TPSA) is 62.1 Å². The van der Waals surface area contributed by atoms with E-state index in [1.807, 2.05) is 91.0 Å². The predicted molar refractivity (Wildman–Crippen MR) is 132 cm³/mol. The average Bonchev–Trinajstić information content (AvgIpc) is 2.82. The van der Waals surface area contributed by atoms with Gasteiger partial charge >= 0.3 is 0 Å². The Morgan fingerprint density at radius 2 is 1.69 bits per heavy atom. The van der Waals surface area contributed by atoms with Gasteiger partial charge in [0.25, 0.3) is 5.91 Å². The predicted octanol–water partition coefficient (Wildman–Crippen LogP) is 6.68. The average molecular weight is 483 g/mol. The van der Waals surface area contributed by atoms with E-state index in [9.17, 15) is 10.1 Å². The van der Waals surface area contributed by atoms with Gasteiger partial charge in [0.05, 0.1) is 16.1 Å². The van der Waals surface area contributed by atoms with Crippen molar-refractivity contribution in [1.29, 1.82) is 5.26 Å². The minimum Gasteiger partial charge on any atom is -0.483 e. The maximum absolute atomic E-state index is 12.1. The summed E-state index contributed by atoms with van der Waals surface area (Å²) in [6.07, 6.45) is 1.83. The molecule has 0 aliphatic rings. The van der Waals surface area contributed by atoms with Crippen molar-refractivity contribution in [1.82, 2.24) is 0 Å². The molecule has 32 heavy (non-hydrogen) atoms. The van der Waals surface area contributed by atoms with E-state index in [2.05, 4.69) is 27.3 Å². The molecule has 4 rings (SSSR count). The van der Waals surface area contributed by atoms with Gasteiger partial charge in [-0.1, -0.05) is 60.7 Å². The number of carbonyl (C=O) groups excluding carboxylic acids is 1. The molecular formula is C27H19BrN2O2. The van der Waals surface area contributed by atoms with Crippen LogP contribution in [0.1, 0.15) is 11.1 Å². The Morgan fingerprint density at radius 1 is 0.938 bits per heavy atom. The van der Waals surface area contributed by atoms with E-state index in [1.165, 1.54) is 0 Å². The summed E-state index contributed by atoms with van der Waals surface area (Å²) in [6.45, 7) is -0.108. The first-order valence-electron chi connectivity index (χ1n) is 10.0. The second kappa shape index (κ2) is 9.95. The van der Waals surface area contributed by atoms with Crippen LogP contribution in [0.5, 0.6) is 5.75 Å². The number of halogens is 1. The van der Waals surface area contributed by atoms with Crippen molar-refractivity contribution in [2.45, 2.75) is 0 Å². The Morgan fingerprint density at radius 3 is 2.44 bits per heavy atom. The van der Waals surface area contributed by atoms with E-state index >= 15 is 0 Å². The molecule has 0 radical (unpaired) electrons. The zero-order chi connectivity index (χ0) is 22.3. The summed E-state index contributed by atoms with van der Waals surface area (Å²) in [6, 6.07) is 31.1. The number of nitrogens with one attached hydrogen (secondary N) is 1. The third-order valence-corrected chi connectivity index (χ3v) is 5.48. The fourth-order valence-electron chi connectivity index (χ4n) is 3.29. The molecule has 0 aliphatic carbocycles. The van der Waals surface area contributed by atoms with Gasteiger partial charge in [-0.3, -0.25) is 4.79 Å². The van der Waals surface area contributed by atoms with Crippen molar-refractivity contribution in [2.75, 3.05) is 11.9 Å². The van der Waals surface area contributed by atoms with Gasteiger partial charge in [0.1, 0.15) is 5.75 Å². The summed E-state index contributed by atoms with van der Waals surface area (Å²) < 4.78 is 6.35. The second-order valence-electron chi connectivity index (χ2n) is 7.12. The van der Waals surface area contributed by atoms with Gasteiger partial charge < -0.3 is 10.1 Å². The Kier molecular flexibility index (Phi) is 6.64. The van der Waals surface area contributed by atoms with Crippen LogP contribution in [0.3, 0.4) is 0 Å². The highest BCUT2D eigenvalue weighted by atomic mass is 79.9. The lowest BCUT2D eigenvalue weighted by Crippen LogP contribution is -2.20. The Balaban J connectivity index is 1.47. The van der Waals surface area contributed by atoms with Gasteiger partial charge in [0.2, 0.25) is 0 Å². The highest BCUT2D eigenvalue weighted by molar-refractivity contribution is 9.10. The molecule has 0 saturated carbocycles. The Bertz CT molecular complexity index is 1340. The number of carbonyl (C=O) groups is 1. The molecular weight excluding hydrogens is 464 g/mol. The summed E-state index contributed by atoms with van der Waals surface area (Å²) in [5, 5.41) is 14.7. The van der Waals surface area contributed by atoms with Crippen LogP contribution in [0.4, 0.5) is 5.69 Å². The van der Waals surface area contributed by atoms with Crippen molar-refractivity contribution in [3.05, 3.63) is 107 Å². The normalized spacial score (nSPS) is 11.1. The zero-order valence-electron chi connectivity index (χ0n) is 17.1. The lowest BCUT2D eigenvalue weighted by molar-refractivity contribution is -0.118. The molecule has 0 bridgehead atoms. The van der Waals surface area contributed by atoms with Crippen molar-refractivity contribution in [3.63, 3.8) is 0 Å². The lowest BCUT2D eigenvalue weighted by Gasteiger charge is -2.10. The molecule has 4 aromatic carbocycles. The quantitative estimate of drug-likeness (QED) is 0.246. The molecule has 0 aromatic heterocycles. The Hall–Kier alpha value is -3.88. The fourth-order valence-corrected chi connectivity index (χ4v) is 3.80. The van der Waals surface area contributed by atoms with Crippen molar-refractivity contribution >= 4 is 49.9 Å². The third kappa shape index (κ3) is 5.23. The molecule has 0 heterocycles. The number of rotatable bonds is 6. The summed E-state index contributed by atoms with van der Waals surface area (Å²) in [5.74, 6) is 0.310. The highest BCUT2D eigenvalue weighted by Gasteiger charge is 2.08. The van der Waals surface area contributed by atoms with Gasteiger partial charge in [0, 0.05) is 5.69 Å². The van der Waals surface area contributed by atoms with Gasteiger partial charge in [-0.15, -0.1) is 0 Å². The number of hydrogen-bond donors (Lipinski definition) is 1. The number of fused-ring (bicyclic) bond motifs is 1. The molecule has 0 unspecified atom stereocenters. The summed E-state index contributed by atoms with van der Waals surface area (Å²) in [4.78, 5) is 12.1. The number of benzene rings is 4. The first-order valence-corrected chi connectivity index (χ1v) is 10.8. The van der Waals surface area contributed by atoms with E-state index in [-0.39, 0.29) is 12.5 Å². The van der Waals surface area contributed by atoms with Crippen LogP contribution in [-0.4, -0.2) is 12.5 Å². The zero-order valence-corrected chi connectivity index (χ0v) is 18.7. The first-order chi connectivity index (χ1) is 15.6. The largest absolute Gasteiger partial charge is 0.483 e. The number of nitriles is 1. The van der Waals surface area contributed by atoms with Crippen LogP contribution >= 0.6 is 15.9 Å². The maximum atomic E-state index is 12.1. The monoisotopic (exact) mass is 482 g/mol. The van der Waals surface area contributed by atoms with E-state index in [1.54, 1.807) is 6.07 Å². The van der Waals surface area contributed by atoms with Gasteiger partial charge in [-0.2, -0.15) is 5.26 Å². The van der Waals surface area contributed by atoms with E-state index in [0.717, 1.165) is 27.6 Å². The van der Waals surface area contributed by atoms with E-state index in [0.29, 0.717) is 15.8 Å². The molecule has 4 aromatic rings. The molecule has 156 valence electrons. The van der Waals surface area contributed by atoms with Gasteiger partial charge in [-0.25, -0.2) is 0 Å². The van der Waals surface area contributed by atoms with Crippen LogP contribution in [0, 0.1) is 11.3 Å². The number of ether oxygens (including phenoxy) is 1. The summed E-state index contributed by atoms with van der Waals surface area (Å²) >= 11 is 3.50. The van der Waals surface area contributed by atoms with Crippen molar-refractivity contribution in [3.8, 4) is 11.8 Å². The van der Waals surface area contributed by atoms with Crippen LogP contribution in [0.25, 0.3) is 22.4 Å². The maximum Gasteiger partial charge on any atom is 0.262 e. The minimum absolute atomic E-state index is 0.108. The highest BCUT2D eigenvalue weighted by Crippen LogP contribution is 2.29. The number of para-hydroxylation sites is 1. The summed E-state index contributed by atoms with van der Waals surface area (Å²) in [5.41, 5.74) is 3.00. The van der Waals surface area contributed by atoms with Crippen molar-refractivity contribution in [2.24, 2.45) is 0 Å². The Labute approximate surface area is 194 Å². The summed E-state index contributed by atoms with van der Waals surface area (Å²) in [7, 11) is 0. The smallest absolute Gasteiger partial charge is 0.262 e. The number of nitrogens with zero attached hydrogens (tertiary/aromatic N) is 1. The number of anilines is 1. The molecule has 0 fully saturated rings. The second-order valence-corrected chi connectivity index (χ2v) is 7.98. The third-order valence-electron chi connectivity index (χ3n) is 4.86. The van der Waals surface area contributed by atoms with Gasteiger partial charge in [-0.05, 0) is 74.2 Å². The minimum atomic E-state index is -0.241. The van der Waals surface area contributed by atoms with Gasteiger partial charge in [0.15, 0.2) is 6.61 Å². The molecule has 0 aliphatic heterocycles. The lowest BCUT2D eigenvalue weighted by atomic mass is 10.0. The number of amides is 1. The molecule has 5 heteroatoms. The fraction of sp³-hybridized carbons (Fsp3) is 0.0370. The number of allylic oxidation sites excluding steroid dienone is 1. The molecule has 0 spiro atoms. The van der Waals surface area contributed by atoms with E-state index < -0.39 is 0 Å². The van der Waals surface area contributed by atoms with E-state index in [4.69, 9.17) is 4.74 Å². The van der Waals surface area contributed by atoms with Crippen LogP contribution in [-0.2, 0) is 4.79 Å². The molecule has 1 N–H and O–H groups in total. The molecule has 4 nitrogen and oxygen atoms in total. The van der Waals surface area contributed by atoms with Crippen LogP contribution in [0.15, 0.2) is 95.5 Å².